The number of ether oxygens (including phenoxy) is 1. The van der Waals surface area contributed by atoms with Gasteiger partial charge in [-0.3, -0.25) is 4.79 Å². The van der Waals surface area contributed by atoms with Crippen molar-refractivity contribution in [1.29, 1.82) is 0 Å². The minimum atomic E-state index is 0.110. The number of rotatable bonds is 6. The summed E-state index contributed by atoms with van der Waals surface area (Å²) in [5.74, 6) is 1.01. The van der Waals surface area contributed by atoms with Crippen LogP contribution in [0.1, 0.15) is 37.8 Å². The number of hydrogen-bond acceptors (Lipinski definition) is 3. The van der Waals surface area contributed by atoms with Crippen molar-refractivity contribution in [2.75, 3.05) is 23.9 Å². The van der Waals surface area contributed by atoms with Gasteiger partial charge in [-0.25, -0.2) is 0 Å². The predicted octanol–water partition coefficient (Wildman–Crippen LogP) is 4.26. The summed E-state index contributed by atoms with van der Waals surface area (Å²) in [6, 6.07) is 15.9. The Morgan fingerprint density at radius 3 is 2.67 bits per heavy atom. The molecular weight excluding hydrogens is 358 g/mol. The lowest BCUT2D eigenvalue weighted by Gasteiger charge is -2.21. The molecule has 1 heterocycles. The van der Waals surface area contributed by atoms with Crippen LogP contribution < -0.4 is 20.3 Å². The number of nitrogens with zero attached hydrogens (tertiary/aromatic N) is 1. The van der Waals surface area contributed by atoms with Crippen molar-refractivity contribution in [3.63, 3.8) is 0 Å². The molecule has 1 fully saturated rings. The van der Waals surface area contributed by atoms with E-state index in [0.29, 0.717) is 11.5 Å². The fraction of sp³-hybridized carbons (Fsp3) is 0.333. The van der Waals surface area contributed by atoms with Gasteiger partial charge in [0.05, 0.1) is 13.2 Å². The van der Waals surface area contributed by atoms with E-state index in [1.54, 1.807) is 7.11 Å². The number of hydrogen-bond donors (Lipinski definition) is 2. The molecule has 0 saturated carbocycles. The molecule has 1 aliphatic rings. The van der Waals surface area contributed by atoms with Gasteiger partial charge < -0.3 is 20.3 Å². The third-order valence-corrected chi connectivity index (χ3v) is 4.94. The molecule has 1 amide bonds. The zero-order valence-corrected chi connectivity index (χ0v) is 16.5. The minimum Gasteiger partial charge on any atom is -0.497 e. The van der Waals surface area contributed by atoms with Crippen LogP contribution >= 0.6 is 12.2 Å². The molecule has 2 aromatic carbocycles. The van der Waals surface area contributed by atoms with Gasteiger partial charge in [0, 0.05) is 24.3 Å². The number of carbonyl (C=O) groups is 1. The molecule has 142 valence electrons. The second-order valence-corrected chi connectivity index (χ2v) is 6.94. The van der Waals surface area contributed by atoms with Crippen LogP contribution in [-0.2, 0) is 4.79 Å². The maximum absolute atomic E-state index is 12.0. The highest BCUT2D eigenvalue weighted by Crippen LogP contribution is 2.25. The average Bonchev–Trinajstić information content (AvgIpc) is 3.12. The van der Waals surface area contributed by atoms with Crippen molar-refractivity contribution >= 4 is 34.6 Å². The summed E-state index contributed by atoms with van der Waals surface area (Å²) in [6.45, 7) is 2.89. The average molecular weight is 384 g/mol. The number of thiocarbonyl (C=S) groups is 1. The molecular formula is C21H25N3O2S. The van der Waals surface area contributed by atoms with E-state index in [4.69, 9.17) is 17.0 Å². The predicted molar refractivity (Wildman–Crippen MR) is 113 cm³/mol. The Labute approximate surface area is 165 Å². The second kappa shape index (κ2) is 8.86. The molecule has 2 N–H and O–H groups in total. The first-order valence-corrected chi connectivity index (χ1v) is 9.63. The largest absolute Gasteiger partial charge is 0.497 e. The van der Waals surface area contributed by atoms with Gasteiger partial charge in [-0.15, -0.1) is 0 Å². The lowest BCUT2D eigenvalue weighted by atomic mass is 10.0. The quantitative estimate of drug-likeness (QED) is 0.730. The number of carbonyl (C=O) groups excluding carboxylic acids is 1. The van der Waals surface area contributed by atoms with E-state index in [0.717, 1.165) is 42.1 Å². The molecule has 1 saturated heterocycles. The number of benzene rings is 2. The Kier molecular flexibility index (Phi) is 6.29. The number of nitrogens with one attached hydrogen (secondary N) is 2. The number of amides is 1. The monoisotopic (exact) mass is 383 g/mol. The molecule has 0 aliphatic carbocycles. The van der Waals surface area contributed by atoms with Crippen LogP contribution in [0.3, 0.4) is 0 Å². The molecule has 5 nitrogen and oxygen atoms in total. The van der Waals surface area contributed by atoms with Crippen molar-refractivity contribution in [1.82, 2.24) is 5.32 Å². The minimum absolute atomic E-state index is 0.110. The van der Waals surface area contributed by atoms with Crippen molar-refractivity contribution in [2.45, 2.75) is 32.2 Å². The zero-order chi connectivity index (χ0) is 19.2. The SMILES string of the molecule is CC[C@H](NC(=S)Nc1cccc(N2CCCC2=O)c1)c1ccc(OC)cc1. The topological polar surface area (TPSA) is 53.6 Å². The molecule has 6 heteroatoms. The van der Waals surface area contributed by atoms with Gasteiger partial charge in [-0.2, -0.15) is 0 Å². The Morgan fingerprint density at radius 1 is 1.26 bits per heavy atom. The molecule has 27 heavy (non-hydrogen) atoms. The van der Waals surface area contributed by atoms with Crippen LogP contribution in [0.2, 0.25) is 0 Å². The Balaban J connectivity index is 1.64. The zero-order valence-electron chi connectivity index (χ0n) is 15.7. The third-order valence-electron chi connectivity index (χ3n) is 4.72. The molecule has 0 spiro atoms. The van der Waals surface area contributed by atoms with Crippen LogP contribution in [0, 0.1) is 0 Å². The highest BCUT2D eigenvalue weighted by molar-refractivity contribution is 7.80. The van der Waals surface area contributed by atoms with Gasteiger partial charge in [-0.05, 0) is 61.0 Å². The molecule has 0 aromatic heterocycles. The highest BCUT2D eigenvalue weighted by atomic mass is 32.1. The normalized spacial score (nSPS) is 14.7. The van der Waals surface area contributed by atoms with Gasteiger partial charge in [-0.1, -0.05) is 25.1 Å². The summed E-state index contributed by atoms with van der Waals surface area (Å²) in [6.07, 6.45) is 2.44. The smallest absolute Gasteiger partial charge is 0.227 e. The van der Waals surface area contributed by atoms with E-state index in [9.17, 15) is 4.79 Å². The second-order valence-electron chi connectivity index (χ2n) is 6.53. The summed E-state index contributed by atoms with van der Waals surface area (Å²) >= 11 is 5.50. The molecule has 1 aliphatic heterocycles. The fourth-order valence-corrected chi connectivity index (χ4v) is 3.52. The number of methoxy groups -OCH3 is 1. The third kappa shape index (κ3) is 4.77. The van der Waals surface area contributed by atoms with Gasteiger partial charge in [0.2, 0.25) is 5.91 Å². The van der Waals surface area contributed by atoms with Gasteiger partial charge in [0.25, 0.3) is 0 Å². The maximum Gasteiger partial charge on any atom is 0.227 e. The number of anilines is 2. The van der Waals surface area contributed by atoms with E-state index in [1.807, 2.05) is 53.4 Å². The first-order valence-electron chi connectivity index (χ1n) is 9.22. The summed E-state index contributed by atoms with van der Waals surface area (Å²) in [7, 11) is 1.66. The van der Waals surface area contributed by atoms with E-state index in [1.165, 1.54) is 0 Å². The maximum atomic E-state index is 12.0. The lowest BCUT2D eigenvalue weighted by molar-refractivity contribution is -0.117. The Hall–Kier alpha value is -2.60. The standard InChI is InChI=1S/C21H25N3O2S/c1-3-19(15-9-11-18(26-2)12-10-15)23-21(27)22-16-6-4-7-17(14-16)24-13-5-8-20(24)25/h4,6-7,9-12,14,19H,3,5,8,13H2,1-2H3,(H2,22,23,27)/t19-/m0/s1. The molecule has 0 unspecified atom stereocenters. The van der Waals surface area contributed by atoms with Gasteiger partial charge >= 0.3 is 0 Å². The highest BCUT2D eigenvalue weighted by Gasteiger charge is 2.21. The van der Waals surface area contributed by atoms with E-state index in [2.05, 4.69) is 17.6 Å². The molecule has 1 atom stereocenters. The van der Waals surface area contributed by atoms with Crippen molar-refractivity contribution in [3.05, 3.63) is 54.1 Å². The molecule has 0 bridgehead atoms. The van der Waals surface area contributed by atoms with E-state index < -0.39 is 0 Å². The van der Waals surface area contributed by atoms with Crippen molar-refractivity contribution in [3.8, 4) is 5.75 Å². The van der Waals surface area contributed by atoms with Crippen LogP contribution in [0.15, 0.2) is 48.5 Å². The summed E-state index contributed by atoms with van der Waals surface area (Å²) < 4.78 is 5.22. The van der Waals surface area contributed by atoms with Crippen LogP contribution in [-0.4, -0.2) is 24.7 Å². The van der Waals surface area contributed by atoms with Crippen LogP contribution in [0.25, 0.3) is 0 Å². The lowest BCUT2D eigenvalue weighted by Crippen LogP contribution is -2.32. The van der Waals surface area contributed by atoms with Crippen LogP contribution in [0.4, 0.5) is 11.4 Å². The molecule has 0 radical (unpaired) electrons. The first kappa shape index (κ1) is 19.2. The van der Waals surface area contributed by atoms with Crippen molar-refractivity contribution in [2.24, 2.45) is 0 Å². The van der Waals surface area contributed by atoms with Crippen LogP contribution in [0.5, 0.6) is 5.75 Å². The summed E-state index contributed by atoms with van der Waals surface area (Å²) in [5, 5.41) is 7.16. The summed E-state index contributed by atoms with van der Waals surface area (Å²) in [4.78, 5) is 13.8. The molecule has 2 aromatic rings. The van der Waals surface area contributed by atoms with Crippen molar-refractivity contribution < 1.29 is 9.53 Å². The molecule has 3 rings (SSSR count). The van der Waals surface area contributed by atoms with Gasteiger partial charge in [0.15, 0.2) is 5.11 Å². The Bertz CT molecular complexity index is 807. The van der Waals surface area contributed by atoms with Gasteiger partial charge in [0.1, 0.15) is 5.75 Å². The fourth-order valence-electron chi connectivity index (χ4n) is 3.26. The van der Waals surface area contributed by atoms with E-state index in [-0.39, 0.29) is 11.9 Å². The summed E-state index contributed by atoms with van der Waals surface area (Å²) in [5.41, 5.74) is 2.93. The Morgan fingerprint density at radius 2 is 2.04 bits per heavy atom. The first-order chi connectivity index (χ1) is 13.1. The van der Waals surface area contributed by atoms with E-state index >= 15 is 0 Å².